The first kappa shape index (κ1) is 23.0. The van der Waals surface area contributed by atoms with Crippen LogP contribution in [0.2, 0.25) is 0 Å². The van der Waals surface area contributed by atoms with Gasteiger partial charge in [-0.05, 0) is 57.2 Å². The fraction of sp³-hybridized carbons (Fsp3) is 0.632. The van der Waals surface area contributed by atoms with E-state index in [1.165, 1.54) is 18.9 Å². The van der Waals surface area contributed by atoms with Crippen LogP contribution in [0, 0.1) is 11.7 Å². The van der Waals surface area contributed by atoms with Crippen LogP contribution in [0.4, 0.5) is 4.39 Å². The molecule has 148 valence electrons. The van der Waals surface area contributed by atoms with E-state index in [0.717, 1.165) is 12.1 Å². The van der Waals surface area contributed by atoms with Gasteiger partial charge in [-0.1, -0.05) is 6.07 Å². The number of aliphatic imine (C=N–C) groups is 1. The van der Waals surface area contributed by atoms with Crippen molar-refractivity contribution >= 4 is 29.9 Å². The number of guanidine groups is 1. The molecule has 0 aliphatic heterocycles. The van der Waals surface area contributed by atoms with Crippen LogP contribution in [0.5, 0.6) is 5.75 Å². The summed E-state index contributed by atoms with van der Waals surface area (Å²) < 4.78 is 25.1. The molecule has 1 aliphatic carbocycles. The van der Waals surface area contributed by atoms with Gasteiger partial charge in [0.2, 0.25) is 0 Å². The summed E-state index contributed by atoms with van der Waals surface area (Å²) in [6, 6.07) is 5.07. The van der Waals surface area contributed by atoms with Crippen molar-refractivity contribution < 1.29 is 13.9 Å². The molecule has 0 aromatic heterocycles. The van der Waals surface area contributed by atoms with Gasteiger partial charge < -0.3 is 20.1 Å². The van der Waals surface area contributed by atoms with Gasteiger partial charge in [0, 0.05) is 13.2 Å². The molecule has 5 nitrogen and oxygen atoms in total. The smallest absolute Gasteiger partial charge is 0.191 e. The molecule has 0 amide bonds. The predicted molar refractivity (Wildman–Crippen MR) is 114 cm³/mol. The van der Waals surface area contributed by atoms with Gasteiger partial charge in [-0.2, -0.15) is 0 Å². The standard InChI is InChI=1S/C19H30FN3O2.HI/c1-4-21-19(22-10-11-24-5-2)23-14(3)16-8-9-18(17(20)12-16)25-13-15-6-7-15;/h8-9,12,14-15H,4-7,10-11,13H2,1-3H3,(H2,21,22,23);1H. The van der Waals surface area contributed by atoms with Crippen molar-refractivity contribution in [3.63, 3.8) is 0 Å². The quantitative estimate of drug-likeness (QED) is 0.232. The van der Waals surface area contributed by atoms with Crippen molar-refractivity contribution in [3.8, 4) is 5.75 Å². The first-order valence-electron chi connectivity index (χ1n) is 9.18. The molecule has 1 aromatic rings. The molecule has 1 unspecified atom stereocenters. The monoisotopic (exact) mass is 479 g/mol. The van der Waals surface area contributed by atoms with E-state index in [9.17, 15) is 4.39 Å². The zero-order valence-electron chi connectivity index (χ0n) is 15.9. The van der Waals surface area contributed by atoms with E-state index in [-0.39, 0.29) is 35.8 Å². The second-order valence-electron chi connectivity index (χ2n) is 6.27. The second-order valence-corrected chi connectivity index (χ2v) is 6.27. The van der Waals surface area contributed by atoms with Crippen molar-refractivity contribution in [2.24, 2.45) is 10.9 Å². The highest BCUT2D eigenvalue weighted by Gasteiger charge is 2.22. The summed E-state index contributed by atoms with van der Waals surface area (Å²) in [5, 5.41) is 6.48. The minimum Gasteiger partial charge on any atom is -0.490 e. The number of hydrogen-bond acceptors (Lipinski definition) is 3. The van der Waals surface area contributed by atoms with Gasteiger partial charge in [-0.25, -0.2) is 4.39 Å². The van der Waals surface area contributed by atoms with Crippen LogP contribution in [0.1, 0.15) is 45.2 Å². The van der Waals surface area contributed by atoms with Crippen LogP contribution >= 0.6 is 24.0 Å². The highest BCUT2D eigenvalue weighted by Crippen LogP contribution is 2.30. The Labute approximate surface area is 173 Å². The van der Waals surface area contributed by atoms with E-state index in [0.29, 0.717) is 44.0 Å². The number of hydrogen-bond donors (Lipinski definition) is 2. The Hall–Kier alpha value is -1.09. The number of halogens is 2. The lowest BCUT2D eigenvalue weighted by atomic mass is 10.1. The van der Waals surface area contributed by atoms with Gasteiger partial charge in [0.1, 0.15) is 0 Å². The molecule has 1 aromatic carbocycles. The lowest BCUT2D eigenvalue weighted by Crippen LogP contribution is -2.39. The van der Waals surface area contributed by atoms with E-state index in [1.807, 2.05) is 26.8 Å². The average Bonchev–Trinajstić information content (AvgIpc) is 3.42. The molecule has 2 N–H and O–H groups in total. The van der Waals surface area contributed by atoms with Crippen LogP contribution in [-0.2, 0) is 4.74 Å². The van der Waals surface area contributed by atoms with Gasteiger partial charge in [0.05, 0.1) is 25.8 Å². The summed E-state index contributed by atoms with van der Waals surface area (Å²) in [7, 11) is 0. The SMILES string of the molecule is CCNC(=NCCOCC)NC(C)c1ccc(OCC2CC2)c(F)c1.I. The Bertz CT molecular complexity index is 568. The van der Waals surface area contributed by atoms with E-state index in [1.54, 1.807) is 6.07 Å². The van der Waals surface area contributed by atoms with Crippen molar-refractivity contribution in [3.05, 3.63) is 29.6 Å². The third-order valence-electron chi connectivity index (χ3n) is 4.03. The normalized spacial score (nSPS) is 15.2. The lowest BCUT2D eigenvalue weighted by Gasteiger charge is -2.19. The number of benzene rings is 1. The Morgan fingerprint density at radius 3 is 2.73 bits per heavy atom. The van der Waals surface area contributed by atoms with Crippen molar-refractivity contribution in [1.29, 1.82) is 0 Å². The minimum atomic E-state index is -0.315. The van der Waals surface area contributed by atoms with E-state index in [4.69, 9.17) is 9.47 Å². The van der Waals surface area contributed by atoms with Crippen LogP contribution in [-0.4, -0.2) is 38.9 Å². The summed E-state index contributed by atoms with van der Waals surface area (Å²) in [4.78, 5) is 4.46. The Kier molecular flexibility index (Phi) is 10.9. The number of rotatable bonds is 10. The van der Waals surface area contributed by atoms with Crippen LogP contribution < -0.4 is 15.4 Å². The maximum Gasteiger partial charge on any atom is 0.191 e. The first-order valence-corrected chi connectivity index (χ1v) is 9.18. The van der Waals surface area contributed by atoms with Crippen LogP contribution in [0.15, 0.2) is 23.2 Å². The molecule has 1 aliphatic rings. The third kappa shape index (κ3) is 8.07. The fourth-order valence-corrected chi connectivity index (χ4v) is 2.37. The van der Waals surface area contributed by atoms with Gasteiger partial charge in [0.15, 0.2) is 17.5 Å². The lowest BCUT2D eigenvalue weighted by molar-refractivity contribution is 0.155. The van der Waals surface area contributed by atoms with E-state index < -0.39 is 0 Å². The summed E-state index contributed by atoms with van der Waals surface area (Å²) >= 11 is 0. The van der Waals surface area contributed by atoms with Gasteiger partial charge in [-0.15, -0.1) is 24.0 Å². The number of ether oxygens (including phenoxy) is 2. The van der Waals surface area contributed by atoms with Crippen LogP contribution in [0.3, 0.4) is 0 Å². The topological polar surface area (TPSA) is 54.9 Å². The molecular weight excluding hydrogens is 448 g/mol. The average molecular weight is 479 g/mol. The Balaban J connectivity index is 0.00000338. The summed E-state index contributed by atoms with van der Waals surface area (Å²) in [5.74, 6) is 1.32. The van der Waals surface area contributed by atoms with Crippen molar-refractivity contribution in [1.82, 2.24) is 10.6 Å². The second kappa shape index (κ2) is 12.3. The number of nitrogens with zero attached hydrogens (tertiary/aromatic N) is 1. The molecular formula is C19H31FIN3O2. The maximum atomic E-state index is 14.2. The Morgan fingerprint density at radius 2 is 2.12 bits per heavy atom. The molecule has 7 heteroatoms. The minimum absolute atomic E-state index is 0. The summed E-state index contributed by atoms with van der Waals surface area (Å²) in [6.07, 6.45) is 2.38. The molecule has 0 spiro atoms. The third-order valence-corrected chi connectivity index (χ3v) is 4.03. The zero-order chi connectivity index (χ0) is 18.1. The molecule has 1 atom stereocenters. The molecule has 2 rings (SSSR count). The zero-order valence-corrected chi connectivity index (χ0v) is 18.2. The molecule has 0 radical (unpaired) electrons. The first-order chi connectivity index (χ1) is 12.1. The fourth-order valence-electron chi connectivity index (χ4n) is 2.37. The molecule has 0 saturated heterocycles. The van der Waals surface area contributed by atoms with Gasteiger partial charge in [-0.3, -0.25) is 4.99 Å². The maximum absolute atomic E-state index is 14.2. The molecule has 0 bridgehead atoms. The summed E-state index contributed by atoms with van der Waals surface area (Å²) in [6.45, 7) is 9.18. The van der Waals surface area contributed by atoms with E-state index >= 15 is 0 Å². The van der Waals surface area contributed by atoms with Crippen molar-refractivity contribution in [2.45, 2.75) is 39.7 Å². The van der Waals surface area contributed by atoms with E-state index in [2.05, 4.69) is 15.6 Å². The highest BCUT2D eigenvalue weighted by atomic mass is 127. The molecule has 1 saturated carbocycles. The predicted octanol–water partition coefficient (Wildman–Crippen LogP) is 3.89. The highest BCUT2D eigenvalue weighted by molar-refractivity contribution is 14.0. The Morgan fingerprint density at radius 1 is 1.35 bits per heavy atom. The summed E-state index contributed by atoms with van der Waals surface area (Å²) in [5.41, 5.74) is 0.853. The van der Waals surface area contributed by atoms with Crippen LogP contribution in [0.25, 0.3) is 0 Å². The molecule has 1 fully saturated rings. The number of nitrogens with one attached hydrogen (secondary N) is 2. The van der Waals surface area contributed by atoms with Crippen molar-refractivity contribution in [2.75, 3.05) is 32.9 Å². The van der Waals surface area contributed by atoms with Gasteiger partial charge >= 0.3 is 0 Å². The van der Waals surface area contributed by atoms with Gasteiger partial charge in [0.25, 0.3) is 0 Å². The molecule has 26 heavy (non-hydrogen) atoms. The molecule has 0 heterocycles. The largest absolute Gasteiger partial charge is 0.490 e.